The summed E-state index contributed by atoms with van der Waals surface area (Å²) < 4.78 is 0. The Morgan fingerprint density at radius 2 is 1.77 bits per heavy atom. The molecular formula is C25H31N3OS. The lowest BCUT2D eigenvalue weighted by atomic mass is 9.85. The van der Waals surface area contributed by atoms with Crippen molar-refractivity contribution in [2.75, 3.05) is 37.6 Å². The number of anilines is 2. The van der Waals surface area contributed by atoms with Gasteiger partial charge in [-0.3, -0.25) is 4.79 Å². The molecule has 0 atom stereocenters. The molecule has 0 spiro atoms. The van der Waals surface area contributed by atoms with E-state index in [1.54, 1.807) is 0 Å². The van der Waals surface area contributed by atoms with E-state index in [1.165, 1.54) is 66.4 Å². The number of fused-ring (bicyclic) bond motifs is 2. The van der Waals surface area contributed by atoms with Crippen LogP contribution in [0.15, 0.2) is 52.3 Å². The Morgan fingerprint density at radius 1 is 0.967 bits per heavy atom. The molecule has 4 nitrogen and oxygen atoms in total. The Bertz CT molecular complexity index is 905. The van der Waals surface area contributed by atoms with Crippen LogP contribution in [0.1, 0.15) is 48.9 Å². The van der Waals surface area contributed by atoms with Crippen LogP contribution in [-0.4, -0.2) is 43.5 Å². The molecule has 1 N–H and O–H groups in total. The summed E-state index contributed by atoms with van der Waals surface area (Å²) in [6, 6.07) is 14.9. The highest BCUT2D eigenvalue weighted by Crippen LogP contribution is 2.48. The van der Waals surface area contributed by atoms with Gasteiger partial charge in [0.05, 0.1) is 11.4 Å². The predicted octanol–water partition coefficient (Wildman–Crippen LogP) is 5.31. The summed E-state index contributed by atoms with van der Waals surface area (Å²) in [5.74, 6) is 0.738. The summed E-state index contributed by atoms with van der Waals surface area (Å²) in [7, 11) is 0. The maximum atomic E-state index is 12.8. The molecule has 0 aromatic heterocycles. The van der Waals surface area contributed by atoms with E-state index in [1.807, 2.05) is 17.8 Å². The second kappa shape index (κ2) is 9.03. The van der Waals surface area contributed by atoms with Crippen LogP contribution in [0.2, 0.25) is 0 Å². The minimum absolute atomic E-state index is 0.0607. The fraction of sp³-hybridized carbons (Fsp3) is 0.480. The summed E-state index contributed by atoms with van der Waals surface area (Å²) in [4.78, 5) is 20.3. The van der Waals surface area contributed by atoms with E-state index in [0.717, 1.165) is 31.6 Å². The Balaban J connectivity index is 1.34. The van der Waals surface area contributed by atoms with E-state index >= 15 is 0 Å². The second-order valence-electron chi connectivity index (χ2n) is 8.81. The largest absolute Gasteiger partial charge is 0.352 e. The zero-order chi connectivity index (χ0) is 20.3. The van der Waals surface area contributed by atoms with E-state index in [0.29, 0.717) is 5.92 Å². The molecule has 5 heteroatoms. The number of nitrogens with zero attached hydrogens (tertiary/aromatic N) is 2. The first-order chi connectivity index (χ1) is 14.8. The van der Waals surface area contributed by atoms with Crippen molar-refractivity contribution in [2.45, 2.75) is 48.3 Å². The molecule has 2 aliphatic heterocycles. The van der Waals surface area contributed by atoms with Gasteiger partial charge in [-0.15, -0.1) is 0 Å². The van der Waals surface area contributed by atoms with Gasteiger partial charge in [0, 0.05) is 28.4 Å². The van der Waals surface area contributed by atoms with Gasteiger partial charge >= 0.3 is 0 Å². The number of carbonyl (C=O) groups is 1. The summed E-state index contributed by atoms with van der Waals surface area (Å²) in [6.45, 7) is 5.44. The maximum Gasteiger partial charge on any atom is 0.251 e. The average molecular weight is 422 g/mol. The highest BCUT2D eigenvalue weighted by molar-refractivity contribution is 7.99. The average Bonchev–Trinajstić information content (AvgIpc) is 3.25. The second-order valence-corrected chi connectivity index (χ2v) is 9.90. The topological polar surface area (TPSA) is 35.6 Å². The summed E-state index contributed by atoms with van der Waals surface area (Å²) in [5, 5.41) is 3.15. The molecule has 0 bridgehead atoms. The van der Waals surface area contributed by atoms with Crippen LogP contribution in [-0.2, 0) is 0 Å². The molecule has 2 heterocycles. The maximum absolute atomic E-state index is 12.8. The summed E-state index contributed by atoms with van der Waals surface area (Å²) in [6.07, 6.45) is 7.63. The molecule has 1 amide bonds. The van der Waals surface area contributed by atoms with Gasteiger partial charge in [-0.2, -0.15) is 0 Å². The third kappa shape index (κ3) is 4.23. The Hall–Kier alpha value is -1.98. The third-order valence-electron chi connectivity index (χ3n) is 6.72. The van der Waals surface area contributed by atoms with Crippen LogP contribution in [0, 0.1) is 5.92 Å². The van der Waals surface area contributed by atoms with Gasteiger partial charge in [-0.05, 0) is 88.0 Å². The monoisotopic (exact) mass is 421 g/mol. The molecule has 1 aliphatic carbocycles. The van der Waals surface area contributed by atoms with Crippen LogP contribution in [0.5, 0.6) is 0 Å². The molecule has 2 aromatic carbocycles. The van der Waals surface area contributed by atoms with Crippen molar-refractivity contribution in [1.82, 2.24) is 10.2 Å². The summed E-state index contributed by atoms with van der Waals surface area (Å²) in [5.41, 5.74) is 3.22. The molecule has 30 heavy (non-hydrogen) atoms. The van der Waals surface area contributed by atoms with Gasteiger partial charge < -0.3 is 15.1 Å². The number of hydrogen-bond acceptors (Lipinski definition) is 4. The molecule has 1 saturated heterocycles. The van der Waals surface area contributed by atoms with Gasteiger partial charge in [0.15, 0.2) is 0 Å². The van der Waals surface area contributed by atoms with Crippen molar-refractivity contribution in [3.8, 4) is 0 Å². The number of amides is 1. The number of para-hydroxylation sites is 1. The van der Waals surface area contributed by atoms with Crippen LogP contribution in [0.25, 0.3) is 0 Å². The smallest absolute Gasteiger partial charge is 0.251 e. The number of benzene rings is 2. The van der Waals surface area contributed by atoms with E-state index in [4.69, 9.17) is 0 Å². The lowest BCUT2D eigenvalue weighted by Crippen LogP contribution is -2.32. The molecule has 2 aromatic rings. The lowest BCUT2D eigenvalue weighted by molar-refractivity contribution is 0.0939. The molecule has 3 aliphatic rings. The van der Waals surface area contributed by atoms with Crippen molar-refractivity contribution in [3.05, 3.63) is 48.0 Å². The van der Waals surface area contributed by atoms with Gasteiger partial charge in [0.2, 0.25) is 0 Å². The zero-order valence-corrected chi connectivity index (χ0v) is 18.4. The Kier molecular flexibility index (Phi) is 6.00. The first-order valence-corrected chi connectivity index (χ1v) is 12.3. The summed E-state index contributed by atoms with van der Waals surface area (Å²) >= 11 is 1.81. The molecule has 0 unspecified atom stereocenters. The number of carbonyl (C=O) groups excluding carboxylic acids is 1. The SMILES string of the molecule is O=C(NCC1CCC1)c1ccc2c(c1)N(CCCN1CCCC1)c1ccccc1S2. The van der Waals surface area contributed by atoms with Crippen molar-refractivity contribution in [3.63, 3.8) is 0 Å². The fourth-order valence-electron chi connectivity index (χ4n) is 4.71. The number of nitrogens with one attached hydrogen (secondary N) is 1. The van der Waals surface area contributed by atoms with Crippen molar-refractivity contribution >= 4 is 29.0 Å². The Morgan fingerprint density at radius 3 is 2.57 bits per heavy atom. The molecule has 5 rings (SSSR count). The Labute approximate surface area is 184 Å². The van der Waals surface area contributed by atoms with Gasteiger partial charge in [0.25, 0.3) is 5.91 Å². The van der Waals surface area contributed by atoms with E-state index in [9.17, 15) is 4.79 Å². The number of rotatable bonds is 7. The van der Waals surface area contributed by atoms with Gasteiger partial charge in [-0.25, -0.2) is 0 Å². The van der Waals surface area contributed by atoms with E-state index in [-0.39, 0.29) is 5.91 Å². The van der Waals surface area contributed by atoms with Crippen LogP contribution in [0.4, 0.5) is 11.4 Å². The van der Waals surface area contributed by atoms with Crippen molar-refractivity contribution < 1.29 is 4.79 Å². The molecule has 158 valence electrons. The molecular weight excluding hydrogens is 390 g/mol. The fourth-order valence-corrected chi connectivity index (χ4v) is 5.78. The first kappa shape index (κ1) is 20.0. The zero-order valence-electron chi connectivity index (χ0n) is 17.6. The molecule has 1 saturated carbocycles. The van der Waals surface area contributed by atoms with Crippen molar-refractivity contribution in [1.29, 1.82) is 0 Å². The van der Waals surface area contributed by atoms with E-state index in [2.05, 4.69) is 51.5 Å². The third-order valence-corrected chi connectivity index (χ3v) is 7.85. The normalized spacial score (nSPS) is 18.6. The first-order valence-electron chi connectivity index (χ1n) is 11.5. The standard InChI is InChI=1S/C25H31N3OS/c29-25(26-18-19-7-5-8-19)20-11-12-24-22(17-20)28(16-6-15-27-13-3-4-14-27)21-9-1-2-10-23(21)30-24/h1-2,9-12,17,19H,3-8,13-16,18H2,(H,26,29). The van der Waals surface area contributed by atoms with Crippen molar-refractivity contribution in [2.24, 2.45) is 5.92 Å². The highest BCUT2D eigenvalue weighted by atomic mass is 32.2. The van der Waals surface area contributed by atoms with Gasteiger partial charge in [0.1, 0.15) is 0 Å². The quantitative estimate of drug-likeness (QED) is 0.658. The van der Waals surface area contributed by atoms with Crippen LogP contribution < -0.4 is 10.2 Å². The molecule has 0 radical (unpaired) electrons. The highest BCUT2D eigenvalue weighted by Gasteiger charge is 2.25. The van der Waals surface area contributed by atoms with E-state index < -0.39 is 0 Å². The van der Waals surface area contributed by atoms with Crippen LogP contribution in [0.3, 0.4) is 0 Å². The lowest BCUT2D eigenvalue weighted by Gasteiger charge is -2.33. The number of hydrogen-bond donors (Lipinski definition) is 1. The van der Waals surface area contributed by atoms with Crippen LogP contribution >= 0.6 is 11.8 Å². The number of likely N-dealkylation sites (tertiary alicyclic amines) is 1. The predicted molar refractivity (Wildman–Crippen MR) is 124 cm³/mol. The van der Waals surface area contributed by atoms with Gasteiger partial charge in [-0.1, -0.05) is 30.3 Å². The molecule has 2 fully saturated rings. The minimum Gasteiger partial charge on any atom is -0.352 e. The minimum atomic E-state index is 0.0607.